The van der Waals surface area contributed by atoms with Crippen LogP contribution in [0.1, 0.15) is 27.2 Å². The fraction of sp³-hybridized carbons (Fsp3) is 0.778. The van der Waals surface area contributed by atoms with Gasteiger partial charge in [-0.3, -0.25) is 10.2 Å². The smallest absolute Gasteiger partial charge is 0.407 e. The minimum absolute atomic E-state index is 0.425. The first kappa shape index (κ1) is 13.7. The number of ether oxygens (including phenoxy) is 1. The number of nitrogens with one attached hydrogen (secondary N) is 3. The van der Waals surface area contributed by atoms with Crippen LogP contribution in [0.4, 0.5) is 4.79 Å². The number of amides is 2. The van der Waals surface area contributed by atoms with E-state index >= 15 is 0 Å². The molecule has 0 aliphatic heterocycles. The molecule has 0 unspecified atom stereocenters. The van der Waals surface area contributed by atoms with E-state index in [1.807, 2.05) is 20.8 Å². The molecule has 88 valence electrons. The van der Waals surface area contributed by atoms with Crippen molar-refractivity contribution < 1.29 is 14.3 Å². The van der Waals surface area contributed by atoms with Gasteiger partial charge in [0, 0.05) is 13.1 Å². The van der Waals surface area contributed by atoms with E-state index < -0.39 is 11.7 Å². The van der Waals surface area contributed by atoms with Crippen molar-refractivity contribution in [2.75, 3.05) is 13.1 Å². The summed E-state index contributed by atoms with van der Waals surface area (Å²) in [6, 6.07) is 0. The summed E-state index contributed by atoms with van der Waals surface area (Å²) in [7, 11) is 0. The number of hydrogen-bond donors (Lipinski definition) is 3. The maximum absolute atomic E-state index is 11.1. The Bertz CT molecular complexity index is 201. The summed E-state index contributed by atoms with van der Waals surface area (Å²) in [6.07, 6.45) is 0.840. The third kappa shape index (κ3) is 10.6. The summed E-state index contributed by atoms with van der Waals surface area (Å²) in [4.78, 5) is 21.0. The van der Waals surface area contributed by atoms with Crippen LogP contribution < -0.4 is 16.2 Å². The highest BCUT2D eigenvalue weighted by atomic mass is 16.6. The molecule has 0 aromatic heterocycles. The van der Waals surface area contributed by atoms with E-state index in [1.54, 1.807) is 0 Å². The summed E-state index contributed by atoms with van der Waals surface area (Å²) in [5.41, 5.74) is 4.48. The minimum atomic E-state index is -0.471. The summed E-state index contributed by atoms with van der Waals surface area (Å²) >= 11 is 0. The van der Waals surface area contributed by atoms with Crippen molar-refractivity contribution in [1.29, 1.82) is 0 Å². The van der Waals surface area contributed by atoms with Gasteiger partial charge in [-0.1, -0.05) is 0 Å². The highest BCUT2D eigenvalue weighted by Crippen LogP contribution is 2.05. The zero-order valence-corrected chi connectivity index (χ0v) is 9.42. The molecule has 0 saturated heterocycles. The Hall–Kier alpha value is -1.30. The molecule has 6 nitrogen and oxygen atoms in total. The largest absolute Gasteiger partial charge is 0.444 e. The topological polar surface area (TPSA) is 79.5 Å². The van der Waals surface area contributed by atoms with Crippen LogP contribution in [-0.4, -0.2) is 31.2 Å². The van der Waals surface area contributed by atoms with Crippen molar-refractivity contribution in [1.82, 2.24) is 16.2 Å². The average molecular weight is 217 g/mol. The molecule has 0 aromatic carbocycles. The number of rotatable bonds is 6. The fourth-order valence-electron chi connectivity index (χ4n) is 0.795. The summed E-state index contributed by atoms with van der Waals surface area (Å²) in [6.45, 7) is 6.52. The van der Waals surface area contributed by atoms with Crippen molar-refractivity contribution in [2.45, 2.75) is 32.8 Å². The predicted octanol–water partition coefficient (Wildman–Crippen LogP) is 0.152. The van der Waals surface area contributed by atoms with Crippen molar-refractivity contribution in [3.63, 3.8) is 0 Å². The van der Waals surface area contributed by atoms with Crippen LogP contribution in [0.25, 0.3) is 0 Å². The Balaban J connectivity index is 3.36. The monoisotopic (exact) mass is 217 g/mol. The third-order valence-corrected chi connectivity index (χ3v) is 1.31. The van der Waals surface area contributed by atoms with Gasteiger partial charge in [0.1, 0.15) is 5.60 Å². The van der Waals surface area contributed by atoms with E-state index in [2.05, 4.69) is 16.2 Å². The molecule has 0 saturated carbocycles. The van der Waals surface area contributed by atoms with Gasteiger partial charge in [-0.05, 0) is 27.2 Å². The highest BCUT2D eigenvalue weighted by molar-refractivity contribution is 5.67. The second-order valence-corrected chi connectivity index (χ2v) is 3.97. The summed E-state index contributed by atoms with van der Waals surface area (Å²) < 4.78 is 5.02. The molecule has 3 N–H and O–H groups in total. The first-order valence-electron chi connectivity index (χ1n) is 4.84. The molecule has 0 aromatic rings. The molecule has 6 heteroatoms. The first-order valence-corrected chi connectivity index (χ1v) is 4.84. The van der Waals surface area contributed by atoms with Gasteiger partial charge in [-0.25, -0.2) is 10.2 Å². The molecular formula is C9H19N3O3. The Morgan fingerprint density at radius 3 is 2.53 bits per heavy atom. The maximum Gasteiger partial charge on any atom is 0.407 e. The molecule has 0 rings (SSSR count). The number of carbonyl (C=O) groups is 2. The lowest BCUT2D eigenvalue weighted by molar-refractivity contribution is -0.110. The molecule has 0 bridgehead atoms. The quantitative estimate of drug-likeness (QED) is 0.336. The van der Waals surface area contributed by atoms with E-state index in [0.717, 1.165) is 0 Å². The lowest BCUT2D eigenvalue weighted by atomic mass is 10.2. The lowest BCUT2D eigenvalue weighted by Gasteiger charge is -2.19. The Morgan fingerprint density at radius 1 is 1.33 bits per heavy atom. The van der Waals surface area contributed by atoms with Crippen LogP contribution in [0.15, 0.2) is 0 Å². The SMILES string of the molecule is CC(C)(C)OC(=O)NCCCNNC=O. The number of carbonyl (C=O) groups excluding carboxylic acids is 2. The van der Waals surface area contributed by atoms with Gasteiger partial charge in [0.25, 0.3) is 0 Å². The van der Waals surface area contributed by atoms with Crippen LogP contribution in [0.3, 0.4) is 0 Å². The first-order chi connectivity index (χ1) is 6.95. The van der Waals surface area contributed by atoms with E-state index in [4.69, 9.17) is 4.74 Å². The van der Waals surface area contributed by atoms with Gasteiger partial charge >= 0.3 is 6.09 Å². The highest BCUT2D eigenvalue weighted by Gasteiger charge is 2.15. The molecule has 0 radical (unpaired) electrons. The van der Waals surface area contributed by atoms with Gasteiger partial charge in [-0.2, -0.15) is 0 Å². The molecule has 15 heavy (non-hydrogen) atoms. The van der Waals surface area contributed by atoms with Crippen LogP contribution in [0.2, 0.25) is 0 Å². The van der Waals surface area contributed by atoms with Gasteiger partial charge in [-0.15, -0.1) is 0 Å². The zero-order chi connectivity index (χ0) is 11.7. The molecule has 0 heterocycles. The standard InChI is InChI=1S/C9H19N3O3/c1-9(2,3)15-8(14)10-5-4-6-11-12-7-13/h7,11H,4-6H2,1-3H3,(H,10,14)(H,12,13). The fourth-order valence-corrected chi connectivity index (χ4v) is 0.795. The van der Waals surface area contributed by atoms with Gasteiger partial charge in [0.15, 0.2) is 0 Å². The Labute approximate surface area is 89.7 Å². The molecular weight excluding hydrogens is 198 g/mol. The molecule has 0 aliphatic rings. The van der Waals surface area contributed by atoms with E-state index in [-0.39, 0.29) is 0 Å². The Kier molecular flexibility index (Phi) is 6.44. The number of hydrogen-bond acceptors (Lipinski definition) is 4. The summed E-state index contributed by atoms with van der Waals surface area (Å²) in [5, 5.41) is 2.60. The number of hydrazine groups is 1. The van der Waals surface area contributed by atoms with Crippen molar-refractivity contribution in [2.24, 2.45) is 0 Å². The van der Waals surface area contributed by atoms with Crippen molar-refractivity contribution in [3.05, 3.63) is 0 Å². The lowest BCUT2D eigenvalue weighted by Crippen LogP contribution is -2.36. The Morgan fingerprint density at radius 2 is 2.00 bits per heavy atom. The van der Waals surface area contributed by atoms with Gasteiger partial charge in [0.2, 0.25) is 6.41 Å². The van der Waals surface area contributed by atoms with Crippen molar-refractivity contribution >= 4 is 12.5 Å². The van der Waals surface area contributed by atoms with Crippen LogP contribution in [-0.2, 0) is 9.53 Å². The third-order valence-electron chi connectivity index (χ3n) is 1.31. The molecule has 0 spiro atoms. The number of alkyl carbamates (subject to hydrolysis) is 1. The molecule has 2 amide bonds. The molecule has 0 fully saturated rings. The van der Waals surface area contributed by atoms with Crippen LogP contribution in [0, 0.1) is 0 Å². The van der Waals surface area contributed by atoms with E-state index in [1.165, 1.54) is 0 Å². The maximum atomic E-state index is 11.1. The summed E-state index contributed by atoms with van der Waals surface area (Å²) in [5.74, 6) is 0. The van der Waals surface area contributed by atoms with E-state index in [9.17, 15) is 9.59 Å². The second kappa shape index (κ2) is 7.05. The van der Waals surface area contributed by atoms with E-state index in [0.29, 0.717) is 25.9 Å². The molecule has 0 aliphatic carbocycles. The average Bonchev–Trinajstić information content (AvgIpc) is 2.08. The second-order valence-electron chi connectivity index (χ2n) is 3.97. The predicted molar refractivity (Wildman–Crippen MR) is 56.1 cm³/mol. The normalized spacial score (nSPS) is 10.6. The minimum Gasteiger partial charge on any atom is -0.444 e. The van der Waals surface area contributed by atoms with Crippen molar-refractivity contribution in [3.8, 4) is 0 Å². The zero-order valence-electron chi connectivity index (χ0n) is 9.42. The van der Waals surface area contributed by atoms with Gasteiger partial charge in [0.05, 0.1) is 0 Å². The molecule has 0 atom stereocenters. The van der Waals surface area contributed by atoms with Gasteiger partial charge < -0.3 is 10.1 Å². The van der Waals surface area contributed by atoms with Crippen LogP contribution in [0.5, 0.6) is 0 Å². The van der Waals surface area contributed by atoms with Crippen LogP contribution >= 0.6 is 0 Å².